The van der Waals surface area contributed by atoms with Crippen molar-refractivity contribution in [2.75, 3.05) is 6.61 Å². The first-order valence-corrected chi connectivity index (χ1v) is 22.7. The van der Waals surface area contributed by atoms with Crippen molar-refractivity contribution in [3.05, 3.63) is 164 Å². The van der Waals surface area contributed by atoms with Gasteiger partial charge in [-0.3, -0.25) is 0 Å². The van der Waals surface area contributed by atoms with Crippen LogP contribution in [0.15, 0.2) is 164 Å². The van der Waals surface area contributed by atoms with Gasteiger partial charge in [-0.1, -0.05) is 0 Å². The van der Waals surface area contributed by atoms with Gasteiger partial charge in [-0.2, -0.15) is 0 Å². The molecule has 0 N–H and O–H groups in total. The van der Waals surface area contributed by atoms with Gasteiger partial charge in [0.1, 0.15) is 0 Å². The van der Waals surface area contributed by atoms with Crippen LogP contribution in [0.5, 0.6) is 0 Å². The van der Waals surface area contributed by atoms with Gasteiger partial charge >= 0.3 is 253 Å². The van der Waals surface area contributed by atoms with Crippen LogP contribution in [0.1, 0.15) is 20.8 Å². The SMILES string of the molecule is C=C(CO[Si](c1ccccc1)(c1ccccc1)C(C)(C)C)[CH2][Sn]([c]1ccccc1)([c]1ccccc1)[c]1ccccc1. The summed E-state index contributed by atoms with van der Waals surface area (Å²) < 4.78 is 12.7. The van der Waals surface area contributed by atoms with Crippen LogP contribution < -0.4 is 21.1 Å². The first kappa shape index (κ1) is 29.3. The number of rotatable bonds is 10. The number of benzene rings is 5. The molecule has 0 amide bonds. The van der Waals surface area contributed by atoms with E-state index in [2.05, 4.69) is 172 Å². The Kier molecular flexibility index (Phi) is 9.13. The summed E-state index contributed by atoms with van der Waals surface area (Å²) >= 11 is -3.51. The van der Waals surface area contributed by atoms with E-state index in [9.17, 15) is 0 Å². The van der Waals surface area contributed by atoms with Crippen LogP contribution >= 0.6 is 0 Å². The van der Waals surface area contributed by atoms with Crippen molar-refractivity contribution < 1.29 is 4.43 Å². The summed E-state index contributed by atoms with van der Waals surface area (Å²) in [6.07, 6.45) is 0. The zero-order valence-corrected chi connectivity index (χ0v) is 28.3. The molecule has 0 heterocycles. The van der Waals surface area contributed by atoms with Gasteiger partial charge in [-0.05, 0) is 0 Å². The van der Waals surface area contributed by atoms with Crippen molar-refractivity contribution >= 4 is 47.8 Å². The molecule has 1 nitrogen and oxygen atoms in total. The zero-order chi connectivity index (χ0) is 28.8. The third kappa shape index (κ3) is 5.92. The van der Waals surface area contributed by atoms with Crippen molar-refractivity contribution in [3.8, 4) is 0 Å². The van der Waals surface area contributed by atoms with Crippen molar-refractivity contribution in [1.82, 2.24) is 0 Å². The molecular formula is C38H40OSiSn. The van der Waals surface area contributed by atoms with Crippen LogP contribution in [0.25, 0.3) is 0 Å². The van der Waals surface area contributed by atoms with Gasteiger partial charge in [-0.25, -0.2) is 0 Å². The summed E-state index contributed by atoms with van der Waals surface area (Å²) in [5.41, 5.74) is 1.17. The van der Waals surface area contributed by atoms with Crippen LogP contribution in [0.2, 0.25) is 9.48 Å². The molecule has 5 aromatic rings. The van der Waals surface area contributed by atoms with Gasteiger partial charge in [-0.15, -0.1) is 0 Å². The molecule has 0 spiro atoms. The Morgan fingerprint density at radius 3 is 1.20 bits per heavy atom. The molecule has 5 rings (SSSR count). The van der Waals surface area contributed by atoms with E-state index in [1.165, 1.54) is 26.7 Å². The van der Waals surface area contributed by atoms with E-state index in [1.807, 2.05) is 0 Å². The summed E-state index contributed by atoms with van der Waals surface area (Å²) in [5.74, 6) is 0. The van der Waals surface area contributed by atoms with E-state index in [4.69, 9.17) is 11.0 Å². The molecule has 0 fully saturated rings. The van der Waals surface area contributed by atoms with Gasteiger partial charge in [0.2, 0.25) is 0 Å². The molecule has 0 aliphatic rings. The average molecular weight is 660 g/mol. The van der Waals surface area contributed by atoms with Gasteiger partial charge in [0, 0.05) is 0 Å². The summed E-state index contributed by atoms with van der Waals surface area (Å²) in [4.78, 5) is 0. The first-order chi connectivity index (χ1) is 19.9. The molecule has 0 bridgehead atoms. The Morgan fingerprint density at radius 2 is 0.878 bits per heavy atom. The van der Waals surface area contributed by atoms with Crippen molar-refractivity contribution in [1.29, 1.82) is 0 Å². The standard InChI is InChI=1S/C20H25OSi.3C6H5.Sn/c1-17(2)16-21-22(20(3,4)5,18-12-8-6-9-13-18)19-14-10-7-11-15-19;3*1-2-4-6-5-3-1;/h6-15H,1-2,16H2,3-5H3;3*1-5H;. The van der Waals surface area contributed by atoms with Crippen LogP contribution in [0.4, 0.5) is 0 Å². The maximum atomic E-state index is 7.35. The van der Waals surface area contributed by atoms with E-state index in [-0.39, 0.29) is 5.04 Å². The Morgan fingerprint density at radius 1 is 0.561 bits per heavy atom. The third-order valence-electron chi connectivity index (χ3n) is 8.22. The predicted molar refractivity (Wildman–Crippen MR) is 182 cm³/mol. The molecule has 0 saturated carbocycles. The molecule has 0 aromatic heterocycles. The average Bonchev–Trinajstić information content (AvgIpc) is 3.02. The second-order valence-electron chi connectivity index (χ2n) is 11.9. The molecule has 206 valence electrons. The summed E-state index contributed by atoms with van der Waals surface area (Å²) in [7, 11) is -2.66. The van der Waals surface area contributed by atoms with E-state index in [0.29, 0.717) is 6.61 Å². The molecule has 0 atom stereocenters. The zero-order valence-electron chi connectivity index (χ0n) is 24.5. The van der Waals surface area contributed by atoms with E-state index in [1.54, 1.807) is 0 Å². The molecule has 41 heavy (non-hydrogen) atoms. The van der Waals surface area contributed by atoms with E-state index < -0.39 is 26.7 Å². The number of hydrogen-bond acceptors (Lipinski definition) is 1. The van der Waals surface area contributed by atoms with Crippen LogP contribution in [0, 0.1) is 0 Å². The Bertz CT molecular complexity index is 1390. The van der Waals surface area contributed by atoms with Gasteiger partial charge in [0.25, 0.3) is 0 Å². The molecule has 3 heteroatoms. The van der Waals surface area contributed by atoms with Crippen LogP contribution in [0.3, 0.4) is 0 Å². The van der Waals surface area contributed by atoms with Gasteiger partial charge in [0.05, 0.1) is 0 Å². The monoisotopic (exact) mass is 660 g/mol. The van der Waals surface area contributed by atoms with E-state index in [0.717, 1.165) is 4.44 Å². The number of hydrogen-bond donors (Lipinski definition) is 0. The Hall–Kier alpha value is -3.18. The minimum atomic E-state index is -3.51. The molecule has 0 radical (unpaired) electrons. The van der Waals surface area contributed by atoms with Crippen LogP contribution in [-0.4, -0.2) is 33.3 Å². The van der Waals surface area contributed by atoms with Gasteiger partial charge in [0.15, 0.2) is 0 Å². The van der Waals surface area contributed by atoms with Crippen LogP contribution in [-0.2, 0) is 4.43 Å². The topological polar surface area (TPSA) is 9.23 Å². The van der Waals surface area contributed by atoms with Gasteiger partial charge < -0.3 is 0 Å². The maximum absolute atomic E-state index is 7.35. The summed E-state index contributed by atoms with van der Waals surface area (Å²) in [6.45, 7) is 12.3. The fraction of sp³-hybridized carbons (Fsp3) is 0.158. The first-order valence-electron chi connectivity index (χ1n) is 14.5. The molecular weight excluding hydrogens is 619 g/mol. The molecule has 0 aliphatic heterocycles. The molecule has 0 saturated heterocycles. The molecule has 5 aromatic carbocycles. The molecule has 0 aliphatic carbocycles. The minimum absolute atomic E-state index is 0.0748. The van der Waals surface area contributed by atoms with E-state index >= 15 is 0 Å². The fourth-order valence-electron chi connectivity index (χ4n) is 6.37. The second-order valence-corrected chi connectivity index (χ2v) is 27.3. The normalized spacial score (nSPS) is 12.2. The second kappa shape index (κ2) is 12.8. The quantitative estimate of drug-likeness (QED) is 0.127. The van der Waals surface area contributed by atoms with Crippen molar-refractivity contribution in [2.45, 2.75) is 30.2 Å². The Balaban J connectivity index is 1.59. The Labute approximate surface area is 251 Å². The third-order valence-corrected chi connectivity index (χ3v) is 27.4. The van der Waals surface area contributed by atoms with Crippen molar-refractivity contribution in [3.63, 3.8) is 0 Å². The fourth-order valence-corrected chi connectivity index (χ4v) is 24.5. The predicted octanol–water partition coefficient (Wildman–Crippen LogP) is 6.29. The van der Waals surface area contributed by atoms with Crippen molar-refractivity contribution in [2.24, 2.45) is 0 Å². The summed E-state index contributed by atoms with van der Waals surface area (Å²) in [6, 6.07) is 55.3. The summed E-state index contributed by atoms with van der Waals surface area (Å²) in [5, 5.41) is 2.53. The molecule has 0 unspecified atom stereocenters.